The number of pyridine rings is 1. The fourth-order valence-electron chi connectivity index (χ4n) is 5.36. The van der Waals surface area contributed by atoms with Crippen LogP contribution < -0.4 is 15.0 Å². The molecular weight excluding hydrogens is 578 g/mol. The van der Waals surface area contributed by atoms with Gasteiger partial charge in [-0.1, -0.05) is 23.4 Å². The van der Waals surface area contributed by atoms with E-state index in [-0.39, 0.29) is 23.7 Å². The summed E-state index contributed by atoms with van der Waals surface area (Å²) in [5.41, 5.74) is 0.762. The Balaban J connectivity index is 1.63. The minimum Gasteiger partial charge on any atom is -0.497 e. The molecule has 2 unspecified atom stereocenters. The number of fused-ring (bicyclic) bond motifs is 1. The van der Waals surface area contributed by atoms with Gasteiger partial charge in [-0.15, -0.1) is 0 Å². The van der Waals surface area contributed by atoms with Crippen LogP contribution in [-0.2, 0) is 11.3 Å². The number of hydrogen-bond acceptors (Lipinski definition) is 9. The molecule has 1 aromatic carbocycles. The molecule has 0 spiro atoms. The molecule has 0 aliphatic carbocycles. The summed E-state index contributed by atoms with van der Waals surface area (Å²) in [7, 11) is 3.08. The van der Waals surface area contributed by atoms with Crippen LogP contribution in [0.5, 0.6) is 11.5 Å². The van der Waals surface area contributed by atoms with Crippen LogP contribution in [-0.4, -0.2) is 88.2 Å². The van der Waals surface area contributed by atoms with E-state index < -0.39 is 5.60 Å². The van der Waals surface area contributed by atoms with Crippen molar-refractivity contribution < 1.29 is 19.0 Å². The molecule has 12 heteroatoms. The number of benzene rings is 1. The summed E-state index contributed by atoms with van der Waals surface area (Å²) in [6, 6.07) is 5.47. The molecule has 3 aromatic rings. The number of carbonyl (C=O) groups is 1. The molecule has 0 N–H and O–H groups in total. The van der Waals surface area contributed by atoms with Crippen LogP contribution in [0.2, 0.25) is 5.02 Å². The van der Waals surface area contributed by atoms with E-state index in [0.717, 1.165) is 11.9 Å². The van der Waals surface area contributed by atoms with E-state index in [0.29, 0.717) is 64.5 Å². The summed E-state index contributed by atoms with van der Waals surface area (Å²) in [4.78, 5) is 40.0. The first-order chi connectivity index (χ1) is 19.9. The van der Waals surface area contributed by atoms with E-state index in [2.05, 4.69) is 23.7 Å². The molecule has 2 atom stereocenters. The largest absolute Gasteiger partial charge is 0.497 e. The minimum atomic E-state index is -0.536. The van der Waals surface area contributed by atoms with Crippen molar-refractivity contribution in [2.45, 2.75) is 70.4 Å². The third-order valence-corrected chi connectivity index (χ3v) is 8.25. The normalized spacial score (nSPS) is 17.9. The Morgan fingerprint density at radius 2 is 1.76 bits per heavy atom. The number of aryl methyl sites for hydroxylation is 1. The lowest BCUT2D eigenvalue weighted by molar-refractivity contribution is -0.00793. The van der Waals surface area contributed by atoms with Crippen LogP contribution in [0.4, 0.5) is 4.79 Å². The molecule has 0 saturated carbocycles. The standard InChI is InChI=1S/C30H40ClN5O5S/c1-18-16-34(29(38)41-30(3,4)5)17-19(2)35(18)10-9-11-36-26-20(15-32-28(33-26)42-8)12-23(27(36)37)22-13-21(39-6)14-24(40-7)25(22)31/h12-15,18-19H,9-11,16-17H2,1-8H3. The number of thioether (sulfide) groups is 1. The van der Waals surface area contributed by atoms with E-state index in [1.54, 1.807) is 41.0 Å². The molecule has 0 radical (unpaired) electrons. The third kappa shape index (κ3) is 6.95. The molecule has 1 aliphatic heterocycles. The zero-order valence-electron chi connectivity index (χ0n) is 25.6. The Kier molecular flexibility index (Phi) is 9.95. The van der Waals surface area contributed by atoms with Crippen LogP contribution in [0.25, 0.3) is 22.2 Å². The lowest BCUT2D eigenvalue weighted by Gasteiger charge is -2.44. The van der Waals surface area contributed by atoms with Gasteiger partial charge in [0.25, 0.3) is 5.56 Å². The van der Waals surface area contributed by atoms with Gasteiger partial charge < -0.3 is 19.1 Å². The molecule has 4 rings (SSSR count). The maximum atomic E-state index is 14.1. The summed E-state index contributed by atoms with van der Waals surface area (Å²) in [6.07, 6.45) is 4.06. The zero-order valence-corrected chi connectivity index (χ0v) is 27.1. The Labute approximate surface area is 256 Å². The minimum absolute atomic E-state index is 0.134. The van der Waals surface area contributed by atoms with Crippen molar-refractivity contribution in [2.24, 2.45) is 0 Å². The van der Waals surface area contributed by atoms with Gasteiger partial charge in [0.05, 0.1) is 19.2 Å². The van der Waals surface area contributed by atoms with Crippen molar-refractivity contribution in [3.8, 4) is 22.6 Å². The number of nitrogens with zero attached hydrogens (tertiary/aromatic N) is 5. The maximum Gasteiger partial charge on any atom is 0.410 e. The number of rotatable bonds is 8. The highest BCUT2D eigenvalue weighted by atomic mass is 35.5. The van der Waals surface area contributed by atoms with Gasteiger partial charge >= 0.3 is 6.09 Å². The monoisotopic (exact) mass is 617 g/mol. The lowest BCUT2D eigenvalue weighted by atomic mass is 10.0. The molecule has 1 saturated heterocycles. The number of carbonyl (C=O) groups excluding carboxylic acids is 1. The Morgan fingerprint density at radius 1 is 1.07 bits per heavy atom. The predicted molar refractivity (Wildman–Crippen MR) is 167 cm³/mol. The lowest BCUT2D eigenvalue weighted by Crippen LogP contribution is -2.58. The van der Waals surface area contributed by atoms with Crippen molar-refractivity contribution in [3.63, 3.8) is 0 Å². The predicted octanol–water partition coefficient (Wildman–Crippen LogP) is 5.57. The average molecular weight is 618 g/mol. The van der Waals surface area contributed by atoms with Crippen LogP contribution in [0.3, 0.4) is 0 Å². The van der Waals surface area contributed by atoms with Crippen LogP contribution in [0.15, 0.2) is 34.3 Å². The van der Waals surface area contributed by atoms with Gasteiger partial charge in [-0.05, 0) is 59.4 Å². The van der Waals surface area contributed by atoms with Crippen LogP contribution in [0, 0.1) is 0 Å². The first-order valence-electron chi connectivity index (χ1n) is 14.0. The first-order valence-corrected chi connectivity index (χ1v) is 15.6. The van der Waals surface area contributed by atoms with Gasteiger partial charge in [-0.2, -0.15) is 0 Å². The number of methoxy groups -OCH3 is 2. The second-order valence-corrected chi connectivity index (χ2v) is 12.7. The summed E-state index contributed by atoms with van der Waals surface area (Å²) in [6.45, 7) is 12.2. The fourth-order valence-corrected chi connectivity index (χ4v) is 5.99. The maximum absolute atomic E-state index is 14.1. The number of hydrogen-bond donors (Lipinski definition) is 0. The smallest absolute Gasteiger partial charge is 0.410 e. The zero-order chi connectivity index (χ0) is 30.8. The van der Waals surface area contributed by atoms with E-state index >= 15 is 0 Å². The topological polar surface area (TPSA) is 99.0 Å². The summed E-state index contributed by atoms with van der Waals surface area (Å²) >= 11 is 8.12. The highest BCUT2D eigenvalue weighted by Gasteiger charge is 2.33. The third-order valence-electron chi connectivity index (χ3n) is 7.30. The quantitative estimate of drug-likeness (QED) is 0.237. The van der Waals surface area contributed by atoms with Gasteiger partial charge in [-0.25, -0.2) is 14.8 Å². The van der Waals surface area contributed by atoms with Crippen LogP contribution in [0.1, 0.15) is 41.0 Å². The number of piperazine rings is 1. The van der Waals surface area contributed by atoms with Crippen molar-refractivity contribution >= 4 is 40.5 Å². The molecule has 1 amide bonds. The van der Waals surface area contributed by atoms with E-state index in [1.807, 2.05) is 27.0 Å². The molecule has 1 aliphatic rings. The highest BCUT2D eigenvalue weighted by Crippen LogP contribution is 2.38. The molecule has 1 fully saturated rings. The summed E-state index contributed by atoms with van der Waals surface area (Å²) < 4.78 is 18.2. The van der Waals surface area contributed by atoms with Gasteiger partial charge in [0.2, 0.25) is 0 Å². The molecule has 3 heterocycles. The van der Waals surface area contributed by atoms with E-state index in [9.17, 15) is 9.59 Å². The van der Waals surface area contributed by atoms with Gasteiger partial charge in [0.1, 0.15) is 22.7 Å². The van der Waals surface area contributed by atoms with Crippen molar-refractivity contribution in [3.05, 3.63) is 39.8 Å². The fraction of sp³-hybridized carbons (Fsp3) is 0.533. The molecule has 228 valence electrons. The van der Waals surface area contributed by atoms with Crippen molar-refractivity contribution in [1.29, 1.82) is 0 Å². The van der Waals surface area contributed by atoms with Gasteiger partial charge in [0, 0.05) is 67.0 Å². The van der Waals surface area contributed by atoms with E-state index in [1.165, 1.54) is 18.9 Å². The van der Waals surface area contributed by atoms with Crippen molar-refractivity contribution in [2.75, 3.05) is 40.1 Å². The molecule has 2 aromatic heterocycles. The Hall–Kier alpha value is -3.02. The number of ether oxygens (including phenoxy) is 3. The summed E-state index contributed by atoms with van der Waals surface area (Å²) in [5.74, 6) is 0.944. The first kappa shape index (κ1) is 31.9. The molecular formula is C30H40ClN5O5S. The van der Waals surface area contributed by atoms with E-state index in [4.69, 9.17) is 30.8 Å². The number of amides is 1. The molecule has 42 heavy (non-hydrogen) atoms. The molecule has 10 nitrogen and oxygen atoms in total. The molecule has 0 bridgehead atoms. The van der Waals surface area contributed by atoms with Gasteiger partial charge in [0.15, 0.2) is 5.16 Å². The second-order valence-electron chi connectivity index (χ2n) is 11.5. The second kappa shape index (κ2) is 13.1. The highest BCUT2D eigenvalue weighted by molar-refractivity contribution is 7.98. The van der Waals surface area contributed by atoms with Crippen LogP contribution >= 0.6 is 23.4 Å². The SMILES string of the molecule is COc1cc(OC)c(Cl)c(-c2cc3cnc(SC)nc3n(CCCN3C(C)CN(C(=O)OC(C)(C)C)CC3C)c2=O)c1. The number of aromatic nitrogens is 3. The Morgan fingerprint density at radius 3 is 2.36 bits per heavy atom. The summed E-state index contributed by atoms with van der Waals surface area (Å²) in [5, 5.41) is 1.64. The number of halogens is 1. The average Bonchev–Trinajstić information content (AvgIpc) is 2.94. The Bertz CT molecular complexity index is 1500. The van der Waals surface area contributed by atoms with Gasteiger partial charge in [-0.3, -0.25) is 14.3 Å². The van der Waals surface area contributed by atoms with Crippen molar-refractivity contribution in [1.82, 2.24) is 24.3 Å².